The van der Waals surface area contributed by atoms with Crippen molar-refractivity contribution in [2.75, 3.05) is 0 Å². The Bertz CT molecular complexity index is 985. The summed E-state index contributed by atoms with van der Waals surface area (Å²) in [5.41, 5.74) is 2.13. The van der Waals surface area contributed by atoms with E-state index in [0.717, 1.165) is 5.56 Å². The SMILES string of the molecule is O=C(O)CCC(C(=O)c1cccc(OCc2ccccc2)c1)c1ccccc1Cl. The minimum Gasteiger partial charge on any atom is -0.489 e. The van der Waals surface area contributed by atoms with E-state index in [1.807, 2.05) is 30.3 Å². The third-order valence-corrected chi connectivity index (χ3v) is 4.96. The Morgan fingerprint density at radius 1 is 0.931 bits per heavy atom. The first-order chi connectivity index (χ1) is 14.0. The number of carbonyl (C=O) groups is 2. The molecule has 0 aliphatic heterocycles. The summed E-state index contributed by atoms with van der Waals surface area (Å²) in [5, 5.41) is 9.54. The molecule has 1 unspecified atom stereocenters. The van der Waals surface area contributed by atoms with Crippen LogP contribution in [0.4, 0.5) is 0 Å². The number of carbonyl (C=O) groups excluding carboxylic acids is 1. The standard InChI is InChI=1S/C24H21ClO4/c25-22-12-5-4-11-20(22)21(13-14-23(26)27)24(28)18-9-6-10-19(15-18)29-16-17-7-2-1-3-8-17/h1-12,15,21H,13-14,16H2,(H,26,27). The van der Waals surface area contributed by atoms with Crippen LogP contribution < -0.4 is 4.74 Å². The van der Waals surface area contributed by atoms with Gasteiger partial charge in [-0.05, 0) is 35.7 Å². The molecule has 5 heteroatoms. The number of hydrogen-bond acceptors (Lipinski definition) is 3. The summed E-state index contributed by atoms with van der Waals surface area (Å²) in [5.74, 6) is -1.18. The van der Waals surface area contributed by atoms with Crippen molar-refractivity contribution < 1.29 is 19.4 Å². The lowest BCUT2D eigenvalue weighted by Crippen LogP contribution is -2.15. The molecule has 0 amide bonds. The number of carboxylic acids is 1. The first kappa shape index (κ1) is 20.6. The zero-order valence-electron chi connectivity index (χ0n) is 15.8. The molecule has 0 aliphatic carbocycles. The third-order valence-electron chi connectivity index (χ3n) is 4.61. The van der Waals surface area contributed by atoms with E-state index in [-0.39, 0.29) is 18.6 Å². The Kier molecular flexibility index (Phi) is 7.04. The lowest BCUT2D eigenvalue weighted by molar-refractivity contribution is -0.137. The molecule has 29 heavy (non-hydrogen) atoms. The molecule has 0 radical (unpaired) electrons. The Balaban J connectivity index is 1.81. The van der Waals surface area contributed by atoms with Crippen molar-refractivity contribution in [2.24, 2.45) is 0 Å². The number of hydrogen-bond donors (Lipinski definition) is 1. The van der Waals surface area contributed by atoms with Gasteiger partial charge in [-0.3, -0.25) is 9.59 Å². The number of Topliss-reactive ketones (excluding diaryl/α,β-unsaturated/α-hetero) is 1. The highest BCUT2D eigenvalue weighted by Gasteiger charge is 2.25. The van der Waals surface area contributed by atoms with Gasteiger partial charge in [-0.25, -0.2) is 0 Å². The van der Waals surface area contributed by atoms with Crippen LogP contribution in [0.25, 0.3) is 0 Å². The van der Waals surface area contributed by atoms with E-state index in [2.05, 4.69) is 0 Å². The van der Waals surface area contributed by atoms with Crippen LogP contribution in [-0.2, 0) is 11.4 Å². The maximum Gasteiger partial charge on any atom is 0.303 e. The van der Waals surface area contributed by atoms with E-state index in [0.29, 0.717) is 28.5 Å². The van der Waals surface area contributed by atoms with Gasteiger partial charge in [0.2, 0.25) is 0 Å². The van der Waals surface area contributed by atoms with Gasteiger partial charge in [0.1, 0.15) is 12.4 Å². The van der Waals surface area contributed by atoms with Crippen molar-refractivity contribution in [1.29, 1.82) is 0 Å². The molecular weight excluding hydrogens is 388 g/mol. The smallest absolute Gasteiger partial charge is 0.303 e. The summed E-state index contributed by atoms with van der Waals surface area (Å²) in [7, 11) is 0. The summed E-state index contributed by atoms with van der Waals surface area (Å²) in [6.07, 6.45) is 0.0544. The fourth-order valence-corrected chi connectivity index (χ4v) is 3.40. The average molecular weight is 409 g/mol. The van der Waals surface area contributed by atoms with Crippen molar-refractivity contribution in [3.05, 3.63) is 101 Å². The van der Waals surface area contributed by atoms with Gasteiger partial charge < -0.3 is 9.84 Å². The first-order valence-electron chi connectivity index (χ1n) is 9.32. The molecular formula is C24H21ClO4. The lowest BCUT2D eigenvalue weighted by Gasteiger charge is -2.17. The molecule has 0 spiro atoms. The maximum absolute atomic E-state index is 13.2. The molecule has 1 atom stereocenters. The minimum atomic E-state index is -0.949. The quantitative estimate of drug-likeness (QED) is 0.458. The van der Waals surface area contributed by atoms with Gasteiger partial charge in [-0.2, -0.15) is 0 Å². The van der Waals surface area contributed by atoms with Gasteiger partial charge in [0.05, 0.1) is 0 Å². The topological polar surface area (TPSA) is 63.6 Å². The van der Waals surface area contributed by atoms with E-state index in [1.165, 1.54) is 0 Å². The maximum atomic E-state index is 13.2. The van der Waals surface area contributed by atoms with E-state index >= 15 is 0 Å². The molecule has 1 N–H and O–H groups in total. The van der Waals surface area contributed by atoms with E-state index in [1.54, 1.807) is 48.5 Å². The predicted octanol–water partition coefficient (Wildman–Crippen LogP) is 5.75. The molecule has 3 rings (SSSR count). The number of aliphatic carboxylic acids is 1. The Morgan fingerprint density at radius 2 is 1.66 bits per heavy atom. The van der Waals surface area contributed by atoms with E-state index in [9.17, 15) is 9.59 Å². The zero-order valence-corrected chi connectivity index (χ0v) is 16.5. The summed E-state index contributed by atoms with van der Waals surface area (Å²) < 4.78 is 5.82. The number of halogens is 1. The van der Waals surface area contributed by atoms with Crippen molar-refractivity contribution in [2.45, 2.75) is 25.4 Å². The molecule has 3 aromatic carbocycles. The lowest BCUT2D eigenvalue weighted by atomic mass is 9.87. The van der Waals surface area contributed by atoms with Gasteiger partial charge in [0.25, 0.3) is 0 Å². The molecule has 0 heterocycles. The van der Waals surface area contributed by atoms with Crippen molar-refractivity contribution in [1.82, 2.24) is 0 Å². The largest absolute Gasteiger partial charge is 0.489 e. The van der Waals surface area contributed by atoms with E-state index < -0.39 is 11.9 Å². The van der Waals surface area contributed by atoms with Crippen LogP contribution >= 0.6 is 11.6 Å². The highest BCUT2D eigenvalue weighted by Crippen LogP contribution is 2.32. The summed E-state index contributed by atoms with van der Waals surface area (Å²) in [4.78, 5) is 24.3. The van der Waals surface area contributed by atoms with Gasteiger partial charge in [0, 0.05) is 22.9 Å². The van der Waals surface area contributed by atoms with Crippen LogP contribution in [0.1, 0.15) is 40.2 Å². The third kappa shape index (κ3) is 5.69. The Hall–Kier alpha value is -3.11. The minimum absolute atomic E-state index is 0.119. The molecule has 0 aliphatic rings. The summed E-state index contributed by atoms with van der Waals surface area (Å²) in [6.45, 7) is 0.394. The number of carboxylic acid groups (broad SMARTS) is 1. The number of ether oxygens (including phenoxy) is 1. The molecule has 4 nitrogen and oxygen atoms in total. The van der Waals surface area contributed by atoms with Crippen LogP contribution in [0, 0.1) is 0 Å². The van der Waals surface area contributed by atoms with Crippen molar-refractivity contribution in [3.63, 3.8) is 0 Å². The fourth-order valence-electron chi connectivity index (χ4n) is 3.13. The Labute approximate surface area is 174 Å². The van der Waals surface area contributed by atoms with Crippen LogP contribution in [0.5, 0.6) is 5.75 Å². The van der Waals surface area contributed by atoms with Gasteiger partial charge in [-0.1, -0.05) is 72.3 Å². The van der Waals surface area contributed by atoms with Gasteiger partial charge in [0.15, 0.2) is 5.78 Å². The van der Waals surface area contributed by atoms with Crippen LogP contribution in [0.15, 0.2) is 78.9 Å². The second-order valence-corrected chi connectivity index (χ2v) is 7.08. The molecule has 0 bridgehead atoms. The van der Waals surface area contributed by atoms with Crippen molar-refractivity contribution >= 4 is 23.4 Å². The van der Waals surface area contributed by atoms with E-state index in [4.69, 9.17) is 21.4 Å². The monoisotopic (exact) mass is 408 g/mol. The molecule has 0 saturated carbocycles. The molecule has 0 saturated heterocycles. The predicted molar refractivity (Wildman–Crippen MR) is 113 cm³/mol. The number of ketones is 1. The summed E-state index contributed by atoms with van der Waals surface area (Å²) in [6, 6.07) is 23.8. The fraction of sp³-hybridized carbons (Fsp3) is 0.167. The highest BCUT2D eigenvalue weighted by atomic mass is 35.5. The second-order valence-electron chi connectivity index (χ2n) is 6.67. The first-order valence-corrected chi connectivity index (χ1v) is 9.69. The number of benzene rings is 3. The molecule has 0 aromatic heterocycles. The highest BCUT2D eigenvalue weighted by molar-refractivity contribution is 6.31. The van der Waals surface area contributed by atoms with Crippen molar-refractivity contribution in [3.8, 4) is 5.75 Å². The zero-order chi connectivity index (χ0) is 20.6. The van der Waals surface area contributed by atoms with Gasteiger partial charge in [-0.15, -0.1) is 0 Å². The Morgan fingerprint density at radius 3 is 2.38 bits per heavy atom. The second kappa shape index (κ2) is 9.89. The normalized spacial score (nSPS) is 11.6. The van der Waals surface area contributed by atoms with Gasteiger partial charge >= 0.3 is 5.97 Å². The summed E-state index contributed by atoms with van der Waals surface area (Å²) >= 11 is 6.29. The molecule has 148 valence electrons. The molecule has 0 fully saturated rings. The van der Waals surface area contributed by atoms with Crippen LogP contribution in [-0.4, -0.2) is 16.9 Å². The van der Waals surface area contributed by atoms with Crippen LogP contribution in [0.2, 0.25) is 5.02 Å². The average Bonchev–Trinajstić information content (AvgIpc) is 2.74. The van der Waals surface area contributed by atoms with Crippen LogP contribution in [0.3, 0.4) is 0 Å². The molecule has 3 aromatic rings. The number of rotatable bonds is 9.